The van der Waals surface area contributed by atoms with E-state index in [1.807, 2.05) is 31.7 Å². The fraction of sp³-hybridized carbons (Fsp3) is 0.667. The Kier molecular flexibility index (Phi) is 10.9. The second-order valence-electron chi connectivity index (χ2n) is 6.78. The molecule has 0 bridgehead atoms. The van der Waals surface area contributed by atoms with Crippen molar-refractivity contribution in [2.45, 2.75) is 45.8 Å². The molecule has 9 heteroatoms. The van der Waals surface area contributed by atoms with Crippen LogP contribution in [0.25, 0.3) is 0 Å². The van der Waals surface area contributed by atoms with Gasteiger partial charge in [-0.15, -0.1) is 35.3 Å². The van der Waals surface area contributed by atoms with Crippen LogP contribution in [0, 0.1) is 5.92 Å². The first kappa shape index (κ1) is 24.5. The highest BCUT2D eigenvalue weighted by molar-refractivity contribution is 14.0. The van der Waals surface area contributed by atoms with Crippen LogP contribution in [0.5, 0.6) is 0 Å². The molecule has 154 valence electrons. The van der Waals surface area contributed by atoms with Crippen molar-refractivity contribution in [1.82, 2.24) is 15.5 Å². The highest BCUT2D eigenvalue weighted by Gasteiger charge is 2.24. The number of aliphatic imine (C=N–C) groups is 1. The number of hydrogen-bond acceptors (Lipinski definition) is 4. The van der Waals surface area contributed by atoms with Gasteiger partial charge < -0.3 is 20.6 Å². The van der Waals surface area contributed by atoms with Gasteiger partial charge in [0.1, 0.15) is 6.10 Å². The summed E-state index contributed by atoms with van der Waals surface area (Å²) in [6.07, 6.45) is 1.13. The summed E-state index contributed by atoms with van der Waals surface area (Å²) in [5.41, 5.74) is 0. The second-order valence-corrected chi connectivity index (χ2v) is 8.52. The molecule has 6 nitrogen and oxygen atoms in total. The van der Waals surface area contributed by atoms with Gasteiger partial charge in [0.15, 0.2) is 5.96 Å². The van der Waals surface area contributed by atoms with Gasteiger partial charge in [0, 0.05) is 36.5 Å². The third-order valence-corrected chi connectivity index (χ3v) is 5.66. The molecule has 1 aliphatic rings. The van der Waals surface area contributed by atoms with Crippen LogP contribution in [0.2, 0.25) is 4.34 Å². The molecule has 1 amide bonds. The molecule has 1 unspecified atom stereocenters. The summed E-state index contributed by atoms with van der Waals surface area (Å²) in [6, 6.07) is 3.89. The number of amides is 1. The summed E-state index contributed by atoms with van der Waals surface area (Å²) in [5.74, 6) is 0.968. The van der Waals surface area contributed by atoms with E-state index in [0.29, 0.717) is 10.3 Å². The molecule has 0 spiro atoms. The molecule has 2 heterocycles. The number of aliphatic hydroxyl groups is 1. The summed E-state index contributed by atoms with van der Waals surface area (Å²) in [4.78, 5) is 19.3. The topological polar surface area (TPSA) is 77.0 Å². The Balaban J connectivity index is 0.00000364. The SMILES string of the molecule is CCNC(=NCC(O)c1ccc(Cl)s1)NC1CCN(C(=O)C(C)C)CC1.I. The molecule has 27 heavy (non-hydrogen) atoms. The Bertz CT molecular complexity index is 618. The van der Waals surface area contributed by atoms with E-state index in [0.717, 1.165) is 37.4 Å². The lowest BCUT2D eigenvalue weighted by Gasteiger charge is -2.34. The van der Waals surface area contributed by atoms with Crippen molar-refractivity contribution in [3.63, 3.8) is 0 Å². The minimum atomic E-state index is -0.659. The average molecular weight is 529 g/mol. The average Bonchev–Trinajstić information content (AvgIpc) is 3.06. The number of thiophene rings is 1. The molecule has 0 radical (unpaired) electrons. The molecule has 1 aromatic rings. The van der Waals surface area contributed by atoms with Crippen LogP contribution in [0.3, 0.4) is 0 Å². The zero-order valence-electron chi connectivity index (χ0n) is 16.1. The first-order valence-electron chi connectivity index (χ1n) is 9.17. The lowest BCUT2D eigenvalue weighted by atomic mass is 10.0. The van der Waals surface area contributed by atoms with Gasteiger partial charge in [-0.25, -0.2) is 0 Å². The molecule has 1 saturated heterocycles. The van der Waals surface area contributed by atoms with Gasteiger partial charge in [0.05, 0.1) is 10.9 Å². The van der Waals surface area contributed by atoms with E-state index in [1.165, 1.54) is 11.3 Å². The van der Waals surface area contributed by atoms with Crippen molar-refractivity contribution in [1.29, 1.82) is 0 Å². The Morgan fingerprint density at radius 3 is 2.59 bits per heavy atom. The molecule has 1 fully saturated rings. The molecule has 3 N–H and O–H groups in total. The quantitative estimate of drug-likeness (QED) is 0.301. The van der Waals surface area contributed by atoms with Crippen LogP contribution in [-0.4, -0.2) is 54.1 Å². The van der Waals surface area contributed by atoms with Crippen LogP contribution < -0.4 is 10.6 Å². The van der Waals surface area contributed by atoms with Gasteiger partial charge in [0.2, 0.25) is 5.91 Å². The summed E-state index contributed by atoms with van der Waals surface area (Å²) in [7, 11) is 0. The van der Waals surface area contributed by atoms with E-state index in [2.05, 4.69) is 15.6 Å². The number of rotatable bonds is 6. The maximum atomic E-state index is 12.1. The fourth-order valence-corrected chi connectivity index (χ4v) is 3.94. The highest BCUT2D eigenvalue weighted by atomic mass is 127. The largest absolute Gasteiger partial charge is 0.386 e. The van der Waals surface area contributed by atoms with E-state index < -0.39 is 6.10 Å². The summed E-state index contributed by atoms with van der Waals surface area (Å²) >= 11 is 7.29. The summed E-state index contributed by atoms with van der Waals surface area (Å²) in [6.45, 7) is 8.45. The van der Waals surface area contributed by atoms with Gasteiger partial charge in [-0.05, 0) is 31.9 Å². The van der Waals surface area contributed by atoms with E-state index in [4.69, 9.17) is 11.6 Å². The summed E-state index contributed by atoms with van der Waals surface area (Å²) < 4.78 is 0.663. The van der Waals surface area contributed by atoms with Gasteiger partial charge >= 0.3 is 0 Å². The second kappa shape index (κ2) is 12.1. The molecule has 0 aromatic carbocycles. The number of nitrogens with one attached hydrogen (secondary N) is 2. The number of halogens is 2. The molecular formula is C18H30ClIN4O2S. The predicted molar refractivity (Wildman–Crippen MR) is 123 cm³/mol. The number of guanidine groups is 1. The molecule has 0 saturated carbocycles. The number of aliphatic hydroxyl groups excluding tert-OH is 1. The number of likely N-dealkylation sites (tertiary alicyclic amines) is 1. The van der Waals surface area contributed by atoms with E-state index in [-0.39, 0.29) is 48.4 Å². The van der Waals surface area contributed by atoms with Crippen molar-refractivity contribution in [3.05, 3.63) is 21.3 Å². The van der Waals surface area contributed by atoms with E-state index in [1.54, 1.807) is 6.07 Å². The van der Waals surface area contributed by atoms with Crippen molar-refractivity contribution in [2.24, 2.45) is 10.9 Å². The first-order chi connectivity index (χ1) is 12.4. The Hall–Kier alpha value is -0.580. The number of nitrogens with zero attached hydrogens (tertiary/aromatic N) is 2. The number of carbonyl (C=O) groups excluding carboxylic acids is 1. The van der Waals surface area contributed by atoms with Crippen LogP contribution in [-0.2, 0) is 4.79 Å². The normalized spacial score (nSPS) is 16.8. The number of carbonyl (C=O) groups is 1. The third kappa shape index (κ3) is 7.75. The van der Waals surface area contributed by atoms with Crippen LogP contribution in [0.15, 0.2) is 17.1 Å². The monoisotopic (exact) mass is 528 g/mol. The number of piperidine rings is 1. The zero-order chi connectivity index (χ0) is 19.1. The maximum absolute atomic E-state index is 12.1. The highest BCUT2D eigenvalue weighted by Crippen LogP contribution is 2.26. The molecule has 0 aliphatic carbocycles. The first-order valence-corrected chi connectivity index (χ1v) is 10.4. The third-order valence-electron chi connectivity index (χ3n) is 4.33. The van der Waals surface area contributed by atoms with Crippen molar-refractivity contribution >= 4 is 58.8 Å². The minimum absolute atomic E-state index is 0. The maximum Gasteiger partial charge on any atom is 0.225 e. The summed E-state index contributed by atoms with van der Waals surface area (Å²) in [5, 5.41) is 16.9. The van der Waals surface area contributed by atoms with Crippen molar-refractivity contribution in [2.75, 3.05) is 26.2 Å². The molecule has 1 aromatic heterocycles. The lowest BCUT2D eigenvalue weighted by Crippen LogP contribution is -2.50. The van der Waals surface area contributed by atoms with Gasteiger partial charge in [-0.3, -0.25) is 9.79 Å². The van der Waals surface area contributed by atoms with Crippen LogP contribution in [0.1, 0.15) is 44.6 Å². The van der Waals surface area contributed by atoms with E-state index in [9.17, 15) is 9.90 Å². The van der Waals surface area contributed by atoms with Crippen LogP contribution in [0.4, 0.5) is 0 Å². The Morgan fingerprint density at radius 2 is 2.07 bits per heavy atom. The molecular weight excluding hydrogens is 499 g/mol. The van der Waals surface area contributed by atoms with Crippen molar-refractivity contribution in [3.8, 4) is 0 Å². The van der Waals surface area contributed by atoms with Gasteiger partial charge in [-0.1, -0.05) is 25.4 Å². The minimum Gasteiger partial charge on any atom is -0.386 e. The van der Waals surface area contributed by atoms with Crippen LogP contribution >= 0.6 is 46.9 Å². The van der Waals surface area contributed by atoms with Gasteiger partial charge in [0.25, 0.3) is 0 Å². The fourth-order valence-electron chi connectivity index (χ4n) is 2.90. The standard InChI is InChI=1S/C18H29ClN4O2S.HI/c1-4-20-18(21-11-14(24)15-5-6-16(19)26-15)22-13-7-9-23(10-8-13)17(25)12(2)3;/h5-6,12-14,24H,4,7-11H2,1-3H3,(H2,20,21,22);1H. The zero-order valence-corrected chi connectivity index (χ0v) is 20.0. The predicted octanol–water partition coefficient (Wildman–Crippen LogP) is 3.26. The van der Waals surface area contributed by atoms with E-state index >= 15 is 0 Å². The van der Waals surface area contributed by atoms with Gasteiger partial charge in [-0.2, -0.15) is 0 Å². The number of hydrogen-bond donors (Lipinski definition) is 3. The smallest absolute Gasteiger partial charge is 0.225 e. The molecule has 1 aliphatic heterocycles. The molecule has 2 rings (SSSR count). The van der Waals surface area contributed by atoms with Crippen molar-refractivity contribution < 1.29 is 9.90 Å². The molecule has 1 atom stereocenters. The Morgan fingerprint density at radius 1 is 1.41 bits per heavy atom. The Labute approximate surface area is 187 Å². The lowest BCUT2D eigenvalue weighted by molar-refractivity contribution is -0.135.